The monoisotopic (exact) mass is 440 g/mol. The van der Waals surface area contributed by atoms with Gasteiger partial charge >= 0.3 is 5.97 Å². The molecule has 8 nitrogen and oxygen atoms in total. The number of carboxylic acids is 1. The lowest BCUT2D eigenvalue weighted by Gasteiger charge is -2.08. The van der Waals surface area contributed by atoms with E-state index in [0.717, 1.165) is 22.6 Å². The molecule has 0 saturated carbocycles. The Labute approximate surface area is 190 Å². The van der Waals surface area contributed by atoms with Gasteiger partial charge in [0.05, 0.1) is 18.0 Å². The summed E-state index contributed by atoms with van der Waals surface area (Å²) in [4.78, 5) is 15.4. The Kier molecular flexibility index (Phi) is 6.04. The lowest BCUT2D eigenvalue weighted by Crippen LogP contribution is -2.06. The Morgan fingerprint density at radius 1 is 1.12 bits per heavy atom. The number of ether oxygens (including phenoxy) is 1. The molecule has 0 amide bonds. The van der Waals surface area contributed by atoms with Crippen LogP contribution >= 0.6 is 0 Å². The smallest absolute Gasteiger partial charge is 0.339 e. The minimum atomic E-state index is -1.18. The highest BCUT2D eigenvalue weighted by molar-refractivity contribution is 5.91. The predicted octanol–water partition coefficient (Wildman–Crippen LogP) is 4.14. The van der Waals surface area contributed by atoms with E-state index in [9.17, 15) is 15.2 Å². The van der Waals surface area contributed by atoms with Gasteiger partial charge in [0.15, 0.2) is 0 Å². The average molecular weight is 440 g/mol. The quantitative estimate of drug-likeness (QED) is 0.443. The van der Waals surface area contributed by atoms with Crippen LogP contribution in [0.2, 0.25) is 0 Å². The number of hydrogen-bond acceptors (Lipinski definition) is 6. The van der Waals surface area contributed by atoms with E-state index in [-0.39, 0.29) is 11.3 Å². The van der Waals surface area contributed by atoms with Crippen LogP contribution in [0.4, 0.5) is 0 Å². The first-order chi connectivity index (χ1) is 15.9. The Morgan fingerprint density at radius 3 is 2.70 bits per heavy atom. The van der Waals surface area contributed by atoms with Gasteiger partial charge < -0.3 is 14.9 Å². The minimum Gasteiger partial charge on any atom is -0.507 e. The maximum Gasteiger partial charge on any atom is 0.339 e. The molecule has 0 aliphatic heterocycles. The van der Waals surface area contributed by atoms with Crippen molar-refractivity contribution >= 4 is 5.97 Å². The number of carboxylic acid groups (broad SMARTS) is 1. The number of benzene rings is 2. The van der Waals surface area contributed by atoms with Crippen molar-refractivity contribution in [2.24, 2.45) is 0 Å². The molecule has 0 fully saturated rings. The number of carbonyl (C=O) groups is 1. The number of rotatable bonds is 7. The molecule has 0 saturated heterocycles. The standard InChI is InChI=1S/C25H20N4O4/c1-16-5-6-19(15-26)24(27-16)33-12-10-20-9-11-29(28-20)21-4-2-3-17(13-21)18-7-8-22(25(31)32)23(30)14-18/h2-9,11,13-14,30H,10,12H2,1H3,(H,31,32). The van der Waals surface area contributed by atoms with Gasteiger partial charge in [-0.15, -0.1) is 0 Å². The van der Waals surface area contributed by atoms with Gasteiger partial charge in [0.1, 0.15) is 22.9 Å². The first-order valence-electron chi connectivity index (χ1n) is 10.2. The normalized spacial score (nSPS) is 10.5. The number of pyridine rings is 1. The van der Waals surface area contributed by atoms with Crippen molar-refractivity contribution in [3.05, 3.63) is 89.4 Å². The summed E-state index contributed by atoms with van der Waals surface area (Å²) in [6.07, 6.45) is 2.38. The number of nitrogens with zero attached hydrogens (tertiary/aromatic N) is 4. The highest BCUT2D eigenvalue weighted by atomic mass is 16.5. The van der Waals surface area contributed by atoms with Gasteiger partial charge in [0.25, 0.3) is 0 Å². The second-order valence-electron chi connectivity index (χ2n) is 7.35. The third kappa shape index (κ3) is 4.83. The summed E-state index contributed by atoms with van der Waals surface area (Å²) >= 11 is 0. The lowest BCUT2D eigenvalue weighted by molar-refractivity contribution is 0.0693. The topological polar surface area (TPSA) is 121 Å². The van der Waals surface area contributed by atoms with E-state index in [1.54, 1.807) is 22.9 Å². The van der Waals surface area contributed by atoms with Crippen molar-refractivity contribution in [2.75, 3.05) is 6.61 Å². The third-order valence-electron chi connectivity index (χ3n) is 5.03. The van der Waals surface area contributed by atoms with Crippen molar-refractivity contribution in [3.8, 4) is 34.5 Å². The van der Waals surface area contributed by atoms with E-state index in [4.69, 9.17) is 9.84 Å². The number of phenols is 1. The summed E-state index contributed by atoms with van der Waals surface area (Å²) in [5.74, 6) is -1.14. The van der Waals surface area contributed by atoms with E-state index in [2.05, 4.69) is 16.2 Å². The summed E-state index contributed by atoms with van der Waals surface area (Å²) < 4.78 is 7.43. The molecular weight excluding hydrogens is 420 g/mol. The zero-order chi connectivity index (χ0) is 23.4. The number of aromatic carboxylic acids is 1. The molecule has 8 heteroatoms. The Morgan fingerprint density at radius 2 is 1.94 bits per heavy atom. The zero-order valence-electron chi connectivity index (χ0n) is 17.8. The maximum absolute atomic E-state index is 11.1. The Hall–Kier alpha value is -4.64. The van der Waals surface area contributed by atoms with Gasteiger partial charge in [0.2, 0.25) is 5.88 Å². The molecule has 4 rings (SSSR count). The van der Waals surface area contributed by atoms with Crippen molar-refractivity contribution in [3.63, 3.8) is 0 Å². The van der Waals surface area contributed by atoms with Crippen molar-refractivity contribution in [1.29, 1.82) is 5.26 Å². The zero-order valence-corrected chi connectivity index (χ0v) is 17.8. The minimum absolute atomic E-state index is 0.142. The second-order valence-corrected chi connectivity index (χ2v) is 7.35. The van der Waals surface area contributed by atoms with Gasteiger partial charge in [-0.05, 0) is 60.5 Å². The van der Waals surface area contributed by atoms with E-state index in [1.165, 1.54) is 12.1 Å². The summed E-state index contributed by atoms with van der Waals surface area (Å²) in [6.45, 7) is 2.17. The lowest BCUT2D eigenvalue weighted by atomic mass is 10.0. The third-order valence-corrected chi connectivity index (χ3v) is 5.03. The number of aromatic nitrogens is 3. The van der Waals surface area contributed by atoms with E-state index >= 15 is 0 Å². The van der Waals surface area contributed by atoms with E-state index in [1.807, 2.05) is 43.5 Å². The second kappa shape index (κ2) is 9.24. The molecule has 0 atom stereocenters. The van der Waals surface area contributed by atoms with E-state index in [0.29, 0.717) is 30.0 Å². The molecule has 0 bridgehead atoms. The van der Waals surface area contributed by atoms with Crippen LogP contribution in [-0.2, 0) is 6.42 Å². The molecule has 2 N–H and O–H groups in total. The molecule has 2 heterocycles. The number of aromatic hydroxyl groups is 1. The molecule has 0 aliphatic rings. The Balaban J connectivity index is 1.47. The molecule has 2 aromatic heterocycles. The summed E-state index contributed by atoms with van der Waals surface area (Å²) in [5.41, 5.74) is 4.17. The fourth-order valence-electron chi connectivity index (χ4n) is 3.34. The summed E-state index contributed by atoms with van der Waals surface area (Å²) in [7, 11) is 0. The van der Waals surface area contributed by atoms with Crippen LogP contribution in [0.3, 0.4) is 0 Å². The van der Waals surface area contributed by atoms with Crippen LogP contribution in [0, 0.1) is 18.3 Å². The molecule has 2 aromatic carbocycles. The molecule has 0 unspecified atom stereocenters. The Bertz CT molecular complexity index is 1370. The van der Waals surface area contributed by atoms with Crippen LogP contribution in [0.15, 0.2) is 66.9 Å². The number of aryl methyl sites for hydroxylation is 1. The number of nitriles is 1. The van der Waals surface area contributed by atoms with Crippen LogP contribution in [0.25, 0.3) is 16.8 Å². The summed E-state index contributed by atoms with van der Waals surface area (Å²) in [5, 5.41) is 32.9. The molecule has 0 spiro atoms. The fourth-order valence-corrected chi connectivity index (χ4v) is 3.34. The molecule has 0 aliphatic carbocycles. The first kappa shape index (κ1) is 21.6. The number of hydrogen-bond donors (Lipinski definition) is 2. The van der Waals surface area contributed by atoms with Gasteiger partial charge in [-0.1, -0.05) is 18.2 Å². The average Bonchev–Trinajstić information content (AvgIpc) is 3.28. The molecular formula is C25H20N4O4. The first-order valence-corrected chi connectivity index (χ1v) is 10.2. The molecule has 33 heavy (non-hydrogen) atoms. The van der Waals surface area contributed by atoms with Gasteiger partial charge in [-0.2, -0.15) is 10.4 Å². The fraction of sp³-hybridized carbons (Fsp3) is 0.120. The SMILES string of the molecule is Cc1ccc(C#N)c(OCCc2ccn(-c3cccc(-c4ccc(C(=O)O)c(O)c4)c3)n2)n1. The van der Waals surface area contributed by atoms with Crippen LogP contribution in [0.1, 0.15) is 27.3 Å². The van der Waals surface area contributed by atoms with Gasteiger partial charge in [-0.25, -0.2) is 14.5 Å². The predicted molar refractivity (Wildman–Crippen MR) is 121 cm³/mol. The van der Waals surface area contributed by atoms with Crippen molar-refractivity contribution in [1.82, 2.24) is 14.8 Å². The molecule has 0 radical (unpaired) electrons. The summed E-state index contributed by atoms with van der Waals surface area (Å²) in [6, 6.07) is 19.4. The van der Waals surface area contributed by atoms with Gasteiger partial charge in [-0.3, -0.25) is 0 Å². The largest absolute Gasteiger partial charge is 0.507 e. The van der Waals surface area contributed by atoms with Crippen LogP contribution in [0.5, 0.6) is 11.6 Å². The van der Waals surface area contributed by atoms with Crippen molar-refractivity contribution in [2.45, 2.75) is 13.3 Å². The van der Waals surface area contributed by atoms with E-state index < -0.39 is 5.97 Å². The maximum atomic E-state index is 11.1. The molecule has 4 aromatic rings. The highest BCUT2D eigenvalue weighted by Gasteiger charge is 2.11. The van der Waals surface area contributed by atoms with Crippen LogP contribution in [-0.4, -0.2) is 37.6 Å². The van der Waals surface area contributed by atoms with Crippen molar-refractivity contribution < 1.29 is 19.7 Å². The van der Waals surface area contributed by atoms with Crippen LogP contribution < -0.4 is 4.74 Å². The highest BCUT2D eigenvalue weighted by Crippen LogP contribution is 2.28. The van der Waals surface area contributed by atoms with Gasteiger partial charge in [0, 0.05) is 18.3 Å². The molecule has 164 valence electrons.